The summed E-state index contributed by atoms with van der Waals surface area (Å²) in [4.78, 5) is 0. The maximum atomic E-state index is 2.76. The highest BCUT2D eigenvalue weighted by Gasteiger charge is 2.76. The molecule has 11 aliphatic carbocycles. The third-order valence-electron chi connectivity index (χ3n) is 19.7. The predicted octanol–water partition coefficient (Wildman–Crippen LogP) is 12.7. The first kappa shape index (κ1) is 29.1. The van der Waals surface area contributed by atoms with Gasteiger partial charge in [0.1, 0.15) is 0 Å². The molecule has 10 atom stereocenters. The molecule has 2 fully saturated rings. The lowest BCUT2D eigenvalue weighted by Crippen LogP contribution is -2.51. The van der Waals surface area contributed by atoms with Gasteiger partial charge in [0.25, 0.3) is 0 Å². The fourth-order valence-electron chi connectivity index (χ4n) is 18.7. The first-order valence-corrected chi connectivity index (χ1v) is 23.4. The van der Waals surface area contributed by atoms with Gasteiger partial charge in [-0.15, -0.1) is 0 Å². The van der Waals surface area contributed by atoms with E-state index in [0.717, 1.165) is 0 Å². The number of hydrogen-bond acceptors (Lipinski definition) is 0. The lowest BCUT2D eigenvalue weighted by Gasteiger charge is -2.55. The van der Waals surface area contributed by atoms with Crippen molar-refractivity contribution in [3.8, 4) is 0 Å². The molecule has 0 radical (unpaired) electrons. The van der Waals surface area contributed by atoms with E-state index in [0.29, 0.717) is 47.3 Å². The van der Waals surface area contributed by atoms with Gasteiger partial charge < -0.3 is 0 Å². The quantitative estimate of drug-likeness (QED) is 0.0710. The highest BCUT2D eigenvalue weighted by molar-refractivity contribution is 6.47. The molecule has 0 N–H and O–H groups in total. The summed E-state index contributed by atoms with van der Waals surface area (Å²) in [5, 5.41) is 20.2. The highest BCUT2D eigenvalue weighted by Crippen LogP contribution is 2.84. The Labute approximate surface area is 328 Å². The summed E-state index contributed by atoms with van der Waals surface area (Å²) in [6, 6.07) is 10.4. The van der Waals surface area contributed by atoms with Crippen LogP contribution < -0.4 is 10.4 Å². The van der Waals surface area contributed by atoms with Crippen molar-refractivity contribution >= 4 is 70.6 Å². The van der Waals surface area contributed by atoms with Gasteiger partial charge in [0.2, 0.25) is 0 Å². The molecule has 0 bridgehead atoms. The van der Waals surface area contributed by atoms with E-state index < -0.39 is 0 Å². The molecule has 17 rings (SSSR count). The summed E-state index contributed by atoms with van der Waals surface area (Å²) in [6.07, 6.45) is 33.3. The lowest BCUT2D eigenvalue weighted by atomic mass is 9.46. The topological polar surface area (TPSA) is 0 Å². The van der Waals surface area contributed by atoms with Crippen LogP contribution >= 0.6 is 0 Å². The average Bonchev–Trinajstić information content (AvgIpc) is 4.05. The minimum Gasteiger partial charge on any atom is -0.0835 e. The summed E-state index contributed by atoms with van der Waals surface area (Å²) >= 11 is 0. The zero-order valence-electron chi connectivity index (χ0n) is 32.9. The van der Waals surface area contributed by atoms with E-state index in [1.54, 1.807) is 92.1 Å². The van der Waals surface area contributed by atoms with E-state index >= 15 is 0 Å². The number of benzene rings is 4. The minimum atomic E-state index is 0.0452. The van der Waals surface area contributed by atoms with Gasteiger partial charge in [0.15, 0.2) is 0 Å². The van der Waals surface area contributed by atoms with E-state index in [2.05, 4.69) is 74.6 Å². The van der Waals surface area contributed by atoms with Crippen molar-refractivity contribution in [2.24, 2.45) is 40.9 Å². The Morgan fingerprint density at radius 1 is 0.661 bits per heavy atom. The van der Waals surface area contributed by atoms with Crippen molar-refractivity contribution in [1.29, 1.82) is 0 Å². The number of fused-ring (bicyclic) bond motifs is 3. The average molecular weight is 721 g/mol. The molecular weight excluding hydrogens is 673 g/mol. The number of allylic oxidation sites excluding steroid dienone is 10. The van der Waals surface area contributed by atoms with Crippen LogP contribution in [0.2, 0.25) is 0 Å². The molecule has 2 spiro atoms. The van der Waals surface area contributed by atoms with E-state index in [1.807, 2.05) is 27.8 Å². The van der Waals surface area contributed by atoms with Crippen molar-refractivity contribution in [3.63, 3.8) is 0 Å². The summed E-state index contributed by atoms with van der Waals surface area (Å²) in [6.45, 7) is 5.05. The lowest BCUT2D eigenvalue weighted by molar-refractivity contribution is 0.261. The second-order valence-corrected chi connectivity index (χ2v) is 21.1. The molecule has 56 heavy (non-hydrogen) atoms. The van der Waals surface area contributed by atoms with E-state index in [-0.39, 0.29) is 10.8 Å². The molecule has 0 nitrogen and oxygen atoms in total. The molecule has 0 heteroatoms. The van der Waals surface area contributed by atoms with Crippen LogP contribution in [0.4, 0.5) is 0 Å². The zero-order chi connectivity index (χ0) is 35.9. The molecule has 0 aromatic heterocycles. The normalized spacial score (nSPS) is 36.5. The van der Waals surface area contributed by atoms with Crippen molar-refractivity contribution in [3.05, 3.63) is 110 Å². The summed E-state index contributed by atoms with van der Waals surface area (Å²) in [5.41, 5.74) is 18.0. The van der Waals surface area contributed by atoms with Crippen LogP contribution in [0, 0.1) is 40.9 Å². The molecule has 6 aromatic carbocycles. The van der Waals surface area contributed by atoms with Gasteiger partial charge in [-0.05, 0) is 162 Å². The fraction of sp³-hybridized carbons (Fsp3) is 0.429. The Hall–Kier alpha value is -4.16. The molecule has 10 unspecified atom stereocenters. The van der Waals surface area contributed by atoms with Crippen molar-refractivity contribution in [2.45, 2.75) is 108 Å². The smallest absolute Gasteiger partial charge is 0.0390 e. The molecule has 2 saturated carbocycles. The third kappa shape index (κ3) is 2.44. The standard InChI is InChI=1S/C56H48/c1-3-4-5-6-7-8-9-10-11-12-13-34-25(2)24-55-35-22-23-36-33-21-19-31-29-17-15-27-26-14-16-28-30-18-20-32(35)43-41(30)46-39(28)37(26)45-38(27)40(29)47-42(31)44(33)54(56(34,36)55)52-50(47)48(45)49(46)51(52)53(43)55/h14-23,25-26,28,30,34,37,39,41H,3-13,24H2,1-2H3. The molecule has 11 aliphatic rings. The van der Waals surface area contributed by atoms with Crippen LogP contribution in [0.15, 0.2) is 77.4 Å². The maximum Gasteiger partial charge on any atom is 0.0390 e. The number of rotatable bonds is 11. The van der Waals surface area contributed by atoms with Crippen LogP contribution in [0.3, 0.4) is 0 Å². The largest absolute Gasteiger partial charge is 0.0835 e. The second kappa shape index (κ2) is 8.79. The Balaban J connectivity index is 0.993. The Kier molecular flexibility index (Phi) is 4.57. The van der Waals surface area contributed by atoms with Gasteiger partial charge in [0, 0.05) is 28.6 Å². The molecule has 0 amide bonds. The van der Waals surface area contributed by atoms with Crippen LogP contribution in [0.5, 0.6) is 0 Å². The van der Waals surface area contributed by atoms with E-state index in [9.17, 15) is 0 Å². The Morgan fingerprint density at radius 2 is 1.43 bits per heavy atom. The molecular formula is C56H48. The SMILES string of the molecule is CCCCCCCCCCCCC1C(C)CC23C4=C5C=CC6C7C5=C2c2c5c8c9c%10c(ccc%11c%12ccc%13c%14c(c2c8c(c%10%11)c%14%12)C13C=%13C=C4)C1C=CC6C(C=57)C91. The van der Waals surface area contributed by atoms with Crippen molar-refractivity contribution in [2.75, 3.05) is 0 Å². The maximum absolute atomic E-state index is 2.76. The molecule has 0 saturated heterocycles. The van der Waals surface area contributed by atoms with Crippen molar-refractivity contribution in [1.82, 2.24) is 0 Å². The van der Waals surface area contributed by atoms with Crippen LogP contribution in [0.1, 0.15) is 125 Å². The molecule has 0 heterocycles. The summed E-state index contributed by atoms with van der Waals surface area (Å²) < 4.78 is 0. The van der Waals surface area contributed by atoms with E-state index in [1.165, 1.54) is 77.0 Å². The monoisotopic (exact) mass is 720 g/mol. The highest BCUT2D eigenvalue weighted by atomic mass is 14.8. The first-order valence-electron chi connectivity index (χ1n) is 23.4. The summed E-state index contributed by atoms with van der Waals surface area (Å²) in [7, 11) is 0. The van der Waals surface area contributed by atoms with Crippen molar-refractivity contribution < 1.29 is 0 Å². The van der Waals surface area contributed by atoms with Gasteiger partial charge in [-0.1, -0.05) is 139 Å². The van der Waals surface area contributed by atoms with Gasteiger partial charge in [0.05, 0.1) is 0 Å². The molecule has 6 aromatic rings. The first-order chi connectivity index (χ1) is 27.7. The predicted molar refractivity (Wildman–Crippen MR) is 232 cm³/mol. The van der Waals surface area contributed by atoms with Gasteiger partial charge in [-0.25, -0.2) is 0 Å². The Bertz CT molecular complexity index is 3280. The number of unbranched alkanes of at least 4 members (excludes halogenated alkanes) is 9. The molecule has 0 aliphatic heterocycles. The van der Waals surface area contributed by atoms with Gasteiger partial charge >= 0.3 is 0 Å². The third-order valence-corrected chi connectivity index (χ3v) is 19.7. The van der Waals surface area contributed by atoms with Crippen LogP contribution in [-0.2, 0) is 5.41 Å². The zero-order valence-corrected chi connectivity index (χ0v) is 32.9. The summed E-state index contributed by atoms with van der Waals surface area (Å²) in [5.74, 6) is 4.95. The minimum absolute atomic E-state index is 0.0452. The molecule has 272 valence electrons. The van der Waals surface area contributed by atoms with Gasteiger partial charge in [-0.3, -0.25) is 0 Å². The number of hydrogen-bond donors (Lipinski definition) is 0. The van der Waals surface area contributed by atoms with Crippen LogP contribution in [0.25, 0.3) is 70.6 Å². The van der Waals surface area contributed by atoms with E-state index in [4.69, 9.17) is 0 Å². The van der Waals surface area contributed by atoms with Gasteiger partial charge in [-0.2, -0.15) is 0 Å². The Morgan fingerprint density at radius 3 is 2.29 bits per heavy atom. The fourth-order valence-corrected chi connectivity index (χ4v) is 18.7. The second-order valence-electron chi connectivity index (χ2n) is 21.1. The van der Waals surface area contributed by atoms with Crippen LogP contribution in [-0.4, -0.2) is 0 Å².